The van der Waals surface area contributed by atoms with Gasteiger partial charge in [-0.05, 0) is 25.0 Å². The van der Waals surface area contributed by atoms with Gasteiger partial charge in [-0.3, -0.25) is 9.59 Å². The Labute approximate surface area is 113 Å². The smallest absolute Gasteiger partial charge is 0.306 e. The summed E-state index contributed by atoms with van der Waals surface area (Å²) in [7, 11) is 0. The van der Waals surface area contributed by atoms with Gasteiger partial charge in [0.2, 0.25) is 0 Å². The molecule has 1 aromatic rings. The van der Waals surface area contributed by atoms with Gasteiger partial charge in [0.15, 0.2) is 17.5 Å². The minimum atomic E-state index is -1.63. The largest absolute Gasteiger partial charge is 0.481 e. The Morgan fingerprint density at radius 1 is 1.25 bits per heavy atom. The van der Waals surface area contributed by atoms with Crippen LogP contribution in [-0.4, -0.2) is 23.5 Å². The second-order valence-electron chi connectivity index (χ2n) is 4.39. The number of carboxylic acids is 1. The van der Waals surface area contributed by atoms with Crippen molar-refractivity contribution < 1.29 is 27.9 Å². The van der Waals surface area contributed by atoms with Crippen LogP contribution >= 0.6 is 0 Å². The third-order valence-electron chi connectivity index (χ3n) is 2.77. The van der Waals surface area contributed by atoms with E-state index in [0.29, 0.717) is 25.0 Å². The number of benzene rings is 1. The molecule has 1 rings (SSSR count). The van der Waals surface area contributed by atoms with Crippen LogP contribution in [0.3, 0.4) is 0 Å². The van der Waals surface area contributed by atoms with Crippen molar-refractivity contribution in [2.75, 3.05) is 6.54 Å². The van der Waals surface area contributed by atoms with Crippen molar-refractivity contribution in [1.82, 2.24) is 5.32 Å². The number of nitrogens with one attached hydrogen (secondary N) is 1. The summed E-state index contributed by atoms with van der Waals surface area (Å²) in [4.78, 5) is 22.1. The Morgan fingerprint density at radius 3 is 2.30 bits per heavy atom. The van der Waals surface area contributed by atoms with Gasteiger partial charge in [-0.1, -0.05) is 6.92 Å². The Hall–Kier alpha value is -2.05. The predicted molar refractivity (Wildman–Crippen MR) is 64.7 cm³/mol. The average Bonchev–Trinajstić information content (AvgIpc) is 2.39. The molecule has 1 unspecified atom stereocenters. The molecular weight excluding hydrogens is 275 g/mol. The van der Waals surface area contributed by atoms with Crippen molar-refractivity contribution >= 4 is 11.9 Å². The van der Waals surface area contributed by atoms with E-state index in [4.69, 9.17) is 5.11 Å². The summed E-state index contributed by atoms with van der Waals surface area (Å²) in [6, 6.07) is 1.21. The van der Waals surface area contributed by atoms with Crippen molar-refractivity contribution in [2.45, 2.75) is 19.8 Å². The molecule has 0 fully saturated rings. The zero-order valence-corrected chi connectivity index (χ0v) is 10.8. The van der Waals surface area contributed by atoms with Crippen molar-refractivity contribution in [2.24, 2.45) is 5.92 Å². The third-order valence-corrected chi connectivity index (χ3v) is 2.77. The van der Waals surface area contributed by atoms with Crippen molar-refractivity contribution in [3.05, 3.63) is 35.1 Å². The molecule has 0 aliphatic rings. The van der Waals surface area contributed by atoms with Crippen molar-refractivity contribution in [1.29, 1.82) is 0 Å². The van der Waals surface area contributed by atoms with Crippen LogP contribution in [0.1, 0.15) is 30.1 Å². The van der Waals surface area contributed by atoms with Gasteiger partial charge < -0.3 is 10.4 Å². The fourth-order valence-electron chi connectivity index (χ4n) is 1.52. The van der Waals surface area contributed by atoms with Gasteiger partial charge in [0.25, 0.3) is 5.91 Å². The van der Waals surface area contributed by atoms with Crippen LogP contribution in [0, 0.1) is 23.4 Å². The van der Waals surface area contributed by atoms with E-state index in [1.165, 1.54) is 6.92 Å². The van der Waals surface area contributed by atoms with Gasteiger partial charge >= 0.3 is 5.97 Å². The molecule has 0 spiro atoms. The summed E-state index contributed by atoms with van der Waals surface area (Å²) in [5.41, 5.74) is -0.326. The lowest BCUT2D eigenvalue weighted by atomic mass is 10.1. The van der Waals surface area contributed by atoms with Gasteiger partial charge in [-0.2, -0.15) is 0 Å². The predicted octanol–water partition coefficient (Wildman–Crippen LogP) is 2.33. The molecule has 20 heavy (non-hydrogen) atoms. The van der Waals surface area contributed by atoms with Crippen LogP contribution in [0.5, 0.6) is 0 Å². The molecule has 0 radical (unpaired) electrons. The number of hydrogen-bond acceptors (Lipinski definition) is 2. The minimum Gasteiger partial charge on any atom is -0.481 e. The van der Waals surface area contributed by atoms with Gasteiger partial charge in [0.05, 0.1) is 5.92 Å². The van der Waals surface area contributed by atoms with E-state index in [1.54, 1.807) is 0 Å². The topological polar surface area (TPSA) is 66.4 Å². The molecule has 1 atom stereocenters. The number of carbonyl (C=O) groups is 2. The zero-order chi connectivity index (χ0) is 15.3. The van der Waals surface area contributed by atoms with Gasteiger partial charge in [-0.25, -0.2) is 13.2 Å². The molecule has 7 heteroatoms. The highest BCUT2D eigenvalue weighted by Gasteiger charge is 2.15. The van der Waals surface area contributed by atoms with Crippen LogP contribution in [0.4, 0.5) is 13.2 Å². The number of amides is 1. The van der Waals surface area contributed by atoms with E-state index < -0.39 is 35.2 Å². The molecule has 2 N–H and O–H groups in total. The van der Waals surface area contributed by atoms with Crippen molar-refractivity contribution in [3.63, 3.8) is 0 Å². The van der Waals surface area contributed by atoms with Crippen LogP contribution in [-0.2, 0) is 4.79 Å². The highest BCUT2D eigenvalue weighted by atomic mass is 19.2. The first-order chi connectivity index (χ1) is 9.32. The van der Waals surface area contributed by atoms with E-state index in [2.05, 4.69) is 5.32 Å². The molecule has 1 amide bonds. The van der Waals surface area contributed by atoms with Gasteiger partial charge in [0, 0.05) is 12.1 Å². The third kappa shape index (κ3) is 4.25. The Balaban J connectivity index is 2.50. The summed E-state index contributed by atoms with van der Waals surface area (Å²) in [5, 5.41) is 11.0. The van der Waals surface area contributed by atoms with Crippen LogP contribution in [0.2, 0.25) is 0 Å². The molecule has 0 bridgehead atoms. The summed E-state index contributed by atoms with van der Waals surface area (Å²) in [6.07, 6.45) is 0.771. The quantitative estimate of drug-likeness (QED) is 0.624. The number of rotatable bonds is 6. The summed E-state index contributed by atoms with van der Waals surface area (Å²) in [6.45, 7) is 1.70. The lowest BCUT2D eigenvalue weighted by Crippen LogP contribution is -2.25. The minimum absolute atomic E-state index is 0.164. The first-order valence-electron chi connectivity index (χ1n) is 5.98. The maximum Gasteiger partial charge on any atom is 0.306 e. The maximum absolute atomic E-state index is 12.9. The summed E-state index contributed by atoms with van der Waals surface area (Å²) < 4.78 is 38.6. The second kappa shape index (κ2) is 6.93. The van der Waals surface area contributed by atoms with Crippen molar-refractivity contribution in [3.8, 4) is 0 Å². The lowest BCUT2D eigenvalue weighted by Gasteiger charge is -2.08. The van der Waals surface area contributed by atoms with E-state index in [-0.39, 0.29) is 12.1 Å². The SMILES string of the molecule is CC(CCCNC(=O)c1cc(F)c(F)c(F)c1)C(=O)O. The molecule has 0 aliphatic heterocycles. The highest BCUT2D eigenvalue weighted by molar-refractivity contribution is 5.94. The normalized spacial score (nSPS) is 12.0. The Bertz CT molecular complexity index is 497. The first-order valence-corrected chi connectivity index (χ1v) is 5.98. The number of aliphatic carboxylic acids is 1. The molecule has 0 aromatic heterocycles. The molecule has 110 valence electrons. The van der Waals surface area contributed by atoms with Crippen LogP contribution in [0.25, 0.3) is 0 Å². The molecule has 0 saturated heterocycles. The zero-order valence-electron chi connectivity index (χ0n) is 10.8. The van der Waals surface area contributed by atoms with Gasteiger partial charge in [0.1, 0.15) is 0 Å². The number of hydrogen-bond donors (Lipinski definition) is 2. The van der Waals surface area contributed by atoms with E-state index in [0.717, 1.165) is 0 Å². The fraction of sp³-hybridized carbons (Fsp3) is 0.385. The summed E-state index contributed by atoms with van der Waals surface area (Å²) in [5.74, 6) is -6.71. The number of carboxylic acid groups (broad SMARTS) is 1. The Morgan fingerprint density at radius 2 is 1.80 bits per heavy atom. The molecule has 1 aromatic carbocycles. The lowest BCUT2D eigenvalue weighted by molar-refractivity contribution is -0.141. The number of halogens is 3. The molecule has 4 nitrogen and oxygen atoms in total. The van der Waals surface area contributed by atoms with Gasteiger partial charge in [-0.15, -0.1) is 0 Å². The second-order valence-corrected chi connectivity index (χ2v) is 4.39. The van der Waals surface area contributed by atoms with E-state index in [9.17, 15) is 22.8 Å². The first kappa shape index (κ1) is 16.0. The molecule has 0 saturated carbocycles. The molecule has 0 heterocycles. The average molecular weight is 289 g/mol. The molecule has 0 aliphatic carbocycles. The Kier molecular flexibility index (Phi) is 5.54. The van der Waals surface area contributed by atoms with Crippen LogP contribution < -0.4 is 5.32 Å². The fourth-order valence-corrected chi connectivity index (χ4v) is 1.52. The monoisotopic (exact) mass is 289 g/mol. The molecular formula is C13H14F3NO3. The highest BCUT2D eigenvalue weighted by Crippen LogP contribution is 2.13. The standard InChI is InChI=1S/C13H14F3NO3/c1-7(13(19)20)3-2-4-17-12(18)8-5-9(14)11(16)10(15)6-8/h5-7H,2-4H2,1H3,(H,17,18)(H,19,20). The summed E-state index contributed by atoms with van der Waals surface area (Å²) >= 11 is 0. The van der Waals surface area contributed by atoms with Crippen LogP contribution in [0.15, 0.2) is 12.1 Å². The van der Waals surface area contributed by atoms with E-state index >= 15 is 0 Å². The number of carbonyl (C=O) groups excluding carboxylic acids is 1. The maximum atomic E-state index is 12.9. The van der Waals surface area contributed by atoms with E-state index in [1.807, 2.05) is 0 Å².